The number of nitrogens with one attached hydrogen (secondary N) is 1. The standard InChI is InChI=1S/C18H14N2O3/c1-2-23-18(22)16-13(14-7-4-8-20-14)9-11-5-3-6-12(10-19)15(11)17(16)21/h3-8,20H,2,9H2,1H3. The summed E-state index contributed by atoms with van der Waals surface area (Å²) in [7, 11) is 0. The number of fused-ring (bicyclic) bond motifs is 1. The predicted molar refractivity (Wildman–Crippen MR) is 83.5 cm³/mol. The quantitative estimate of drug-likeness (QED) is 0.698. The number of allylic oxidation sites excluding steroid dienone is 1. The Bertz CT molecular complexity index is 855. The first kappa shape index (κ1) is 14.8. The van der Waals surface area contributed by atoms with Crippen molar-refractivity contribution in [3.63, 3.8) is 0 Å². The van der Waals surface area contributed by atoms with Gasteiger partial charge in [-0.05, 0) is 36.3 Å². The number of esters is 1. The third-order valence-electron chi connectivity index (χ3n) is 3.80. The van der Waals surface area contributed by atoms with Crippen molar-refractivity contribution in [2.24, 2.45) is 0 Å². The monoisotopic (exact) mass is 306 g/mol. The fourth-order valence-electron chi connectivity index (χ4n) is 2.82. The Morgan fingerprint density at radius 3 is 2.83 bits per heavy atom. The first-order valence-electron chi connectivity index (χ1n) is 7.28. The van der Waals surface area contributed by atoms with E-state index in [1.165, 1.54) is 0 Å². The molecule has 0 fully saturated rings. The van der Waals surface area contributed by atoms with E-state index in [1.54, 1.807) is 43.5 Å². The molecule has 5 nitrogen and oxygen atoms in total. The van der Waals surface area contributed by atoms with Crippen molar-refractivity contribution in [2.75, 3.05) is 6.61 Å². The summed E-state index contributed by atoms with van der Waals surface area (Å²) in [6.07, 6.45) is 2.13. The number of H-pyrrole nitrogens is 1. The van der Waals surface area contributed by atoms with Crippen LogP contribution >= 0.6 is 0 Å². The number of carbonyl (C=O) groups excluding carboxylic acids is 2. The molecule has 1 N–H and O–H groups in total. The van der Waals surface area contributed by atoms with Gasteiger partial charge in [-0.15, -0.1) is 0 Å². The molecule has 1 aliphatic carbocycles. The molecule has 1 heterocycles. The van der Waals surface area contributed by atoms with Crippen LogP contribution in [0.25, 0.3) is 5.57 Å². The van der Waals surface area contributed by atoms with E-state index in [1.807, 2.05) is 6.07 Å². The second-order valence-corrected chi connectivity index (χ2v) is 5.12. The van der Waals surface area contributed by atoms with E-state index in [9.17, 15) is 14.9 Å². The predicted octanol–water partition coefficient (Wildman–Crippen LogP) is 2.64. The number of ketones is 1. The van der Waals surface area contributed by atoms with Crippen LogP contribution < -0.4 is 0 Å². The molecule has 1 aliphatic rings. The third-order valence-corrected chi connectivity index (χ3v) is 3.80. The SMILES string of the molecule is CCOC(=O)C1=C(c2ccc[nH]2)Cc2cccc(C#N)c2C1=O. The Hall–Kier alpha value is -3.13. The van der Waals surface area contributed by atoms with Crippen LogP contribution in [0.4, 0.5) is 0 Å². The number of nitrogens with zero attached hydrogens (tertiary/aromatic N) is 1. The molecule has 1 aromatic heterocycles. The number of aromatic amines is 1. The van der Waals surface area contributed by atoms with Crippen LogP contribution in [0.15, 0.2) is 42.1 Å². The average molecular weight is 306 g/mol. The summed E-state index contributed by atoms with van der Waals surface area (Å²) in [6, 6.07) is 10.8. The molecule has 3 rings (SSSR count). The van der Waals surface area contributed by atoms with Crippen molar-refractivity contribution in [1.82, 2.24) is 4.98 Å². The molecule has 0 bridgehead atoms. The second-order valence-electron chi connectivity index (χ2n) is 5.12. The summed E-state index contributed by atoms with van der Waals surface area (Å²) in [5, 5.41) is 9.25. The van der Waals surface area contributed by atoms with Gasteiger partial charge in [-0.2, -0.15) is 5.26 Å². The van der Waals surface area contributed by atoms with Crippen molar-refractivity contribution >= 4 is 17.3 Å². The summed E-state index contributed by atoms with van der Waals surface area (Å²) in [5.41, 5.74) is 2.62. The van der Waals surface area contributed by atoms with Gasteiger partial charge in [0.25, 0.3) is 0 Å². The Kier molecular flexibility index (Phi) is 3.82. The fraction of sp³-hybridized carbons (Fsp3) is 0.167. The minimum absolute atomic E-state index is 0.00417. The van der Waals surface area contributed by atoms with Gasteiger partial charge in [0.1, 0.15) is 5.57 Å². The number of aromatic nitrogens is 1. The third kappa shape index (κ3) is 2.44. The van der Waals surface area contributed by atoms with Gasteiger partial charge in [0.2, 0.25) is 5.78 Å². The number of Topliss-reactive ketones (excluding diaryl/α,β-unsaturated/α-hetero) is 1. The van der Waals surface area contributed by atoms with E-state index in [2.05, 4.69) is 4.98 Å². The van der Waals surface area contributed by atoms with E-state index in [4.69, 9.17) is 4.74 Å². The van der Waals surface area contributed by atoms with Gasteiger partial charge in [-0.1, -0.05) is 12.1 Å². The molecule has 114 valence electrons. The molecular formula is C18H14N2O3. The van der Waals surface area contributed by atoms with Gasteiger partial charge in [0, 0.05) is 23.9 Å². The van der Waals surface area contributed by atoms with Gasteiger partial charge in [0.15, 0.2) is 0 Å². The Morgan fingerprint density at radius 2 is 2.17 bits per heavy atom. The molecule has 0 atom stereocenters. The van der Waals surface area contributed by atoms with E-state index in [0.717, 1.165) is 5.56 Å². The van der Waals surface area contributed by atoms with Crippen molar-refractivity contribution in [3.8, 4) is 6.07 Å². The van der Waals surface area contributed by atoms with Gasteiger partial charge in [-0.3, -0.25) is 4.79 Å². The summed E-state index contributed by atoms with van der Waals surface area (Å²) < 4.78 is 5.05. The number of carbonyl (C=O) groups is 2. The number of hydrogen-bond acceptors (Lipinski definition) is 4. The van der Waals surface area contributed by atoms with E-state index in [0.29, 0.717) is 23.3 Å². The lowest BCUT2D eigenvalue weighted by atomic mass is 9.81. The van der Waals surface area contributed by atoms with Crippen molar-refractivity contribution in [2.45, 2.75) is 13.3 Å². The van der Waals surface area contributed by atoms with Crippen molar-refractivity contribution in [1.29, 1.82) is 5.26 Å². The lowest BCUT2D eigenvalue weighted by Gasteiger charge is -2.21. The molecule has 0 unspecified atom stereocenters. The summed E-state index contributed by atoms with van der Waals surface area (Å²) >= 11 is 0. The molecule has 0 radical (unpaired) electrons. The maximum absolute atomic E-state index is 12.9. The van der Waals surface area contributed by atoms with Crippen LogP contribution in [0, 0.1) is 11.3 Å². The summed E-state index contributed by atoms with van der Waals surface area (Å²) in [6.45, 7) is 1.87. The van der Waals surface area contributed by atoms with Crippen LogP contribution in [-0.4, -0.2) is 23.3 Å². The van der Waals surface area contributed by atoms with Crippen LogP contribution in [0.3, 0.4) is 0 Å². The maximum Gasteiger partial charge on any atom is 0.342 e. The van der Waals surface area contributed by atoms with Gasteiger partial charge >= 0.3 is 5.97 Å². The zero-order chi connectivity index (χ0) is 16.4. The van der Waals surface area contributed by atoms with E-state index in [-0.39, 0.29) is 17.7 Å². The molecule has 1 aromatic carbocycles. The largest absolute Gasteiger partial charge is 0.462 e. The van der Waals surface area contributed by atoms with E-state index >= 15 is 0 Å². The minimum atomic E-state index is -0.652. The highest BCUT2D eigenvalue weighted by atomic mass is 16.5. The maximum atomic E-state index is 12.9. The Morgan fingerprint density at radius 1 is 1.35 bits per heavy atom. The second kappa shape index (κ2) is 5.93. The van der Waals surface area contributed by atoms with Gasteiger partial charge < -0.3 is 9.72 Å². The Labute approximate surface area is 133 Å². The van der Waals surface area contributed by atoms with Crippen molar-refractivity contribution in [3.05, 3.63) is 64.5 Å². The number of nitriles is 1. The molecule has 0 spiro atoms. The van der Waals surface area contributed by atoms with Crippen LogP contribution in [0.5, 0.6) is 0 Å². The summed E-state index contributed by atoms with van der Waals surface area (Å²) in [5.74, 6) is -1.10. The lowest BCUT2D eigenvalue weighted by molar-refractivity contribution is -0.138. The molecular weight excluding hydrogens is 292 g/mol. The zero-order valence-electron chi connectivity index (χ0n) is 12.6. The molecule has 0 aliphatic heterocycles. The lowest BCUT2D eigenvalue weighted by Crippen LogP contribution is -2.24. The van der Waals surface area contributed by atoms with Crippen molar-refractivity contribution < 1.29 is 14.3 Å². The molecule has 2 aromatic rings. The molecule has 0 saturated heterocycles. The number of hydrogen-bond donors (Lipinski definition) is 1. The van der Waals surface area contributed by atoms with Gasteiger partial charge in [0.05, 0.1) is 18.2 Å². The minimum Gasteiger partial charge on any atom is -0.462 e. The van der Waals surface area contributed by atoms with Crippen LogP contribution in [0.2, 0.25) is 0 Å². The van der Waals surface area contributed by atoms with E-state index < -0.39 is 11.8 Å². The van der Waals surface area contributed by atoms with Crippen LogP contribution in [0.1, 0.15) is 34.1 Å². The average Bonchev–Trinajstić information content (AvgIpc) is 3.08. The zero-order valence-corrected chi connectivity index (χ0v) is 12.6. The smallest absolute Gasteiger partial charge is 0.342 e. The fourth-order valence-corrected chi connectivity index (χ4v) is 2.82. The summed E-state index contributed by atoms with van der Waals surface area (Å²) in [4.78, 5) is 28.3. The topological polar surface area (TPSA) is 82.9 Å². The molecule has 5 heteroatoms. The number of rotatable bonds is 3. The first-order chi connectivity index (χ1) is 11.2. The highest BCUT2D eigenvalue weighted by Gasteiger charge is 2.34. The number of ether oxygens (including phenoxy) is 1. The highest BCUT2D eigenvalue weighted by Crippen LogP contribution is 2.33. The van der Waals surface area contributed by atoms with Gasteiger partial charge in [-0.25, -0.2) is 4.79 Å². The molecule has 0 amide bonds. The highest BCUT2D eigenvalue weighted by molar-refractivity contribution is 6.30. The Balaban J connectivity index is 2.22. The molecule has 0 saturated carbocycles. The number of benzene rings is 1. The normalized spacial score (nSPS) is 13.5. The first-order valence-corrected chi connectivity index (χ1v) is 7.28. The van der Waals surface area contributed by atoms with Crippen LogP contribution in [-0.2, 0) is 16.0 Å². The molecule has 23 heavy (non-hydrogen) atoms.